The molecule has 1 saturated heterocycles. The third kappa shape index (κ3) is 4.31. The SMILES string of the molecule is CC1(OCC(=O)O)CN(C(=O)NC2CCCCCC2O)C1. The third-order valence-corrected chi connectivity index (χ3v) is 4.17. The van der Waals surface area contributed by atoms with Crippen LogP contribution in [0.25, 0.3) is 0 Å². The summed E-state index contributed by atoms with van der Waals surface area (Å²) in [5.41, 5.74) is -0.586. The molecule has 7 heteroatoms. The smallest absolute Gasteiger partial charge is 0.329 e. The summed E-state index contributed by atoms with van der Waals surface area (Å²) < 4.78 is 5.27. The van der Waals surface area contributed by atoms with Gasteiger partial charge in [-0.2, -0.15) is 0 Å². The van der Waals surface area contributed by atoms with Gasteiger partial charge < -0.3 is 25.2 Å². The summed E-state index contributed by atoms with van der Waals surface area (Å²) in [4.78, 5) is 24.2. The fraction of sp³-hybridized carbons (Fsp3) is 0.857. The number of urea groups is 1. The van der Waals surface area contributed by atoms with E-state index < -0.39 is 17.7 Å². The van der Waals surface area contributed by atoms with Crippen LogP contribution < -0.4 is 5.32 Å². The molecule has 0 aromatic rings. The highest BCUT2D eigenvalue weighted by Crippen LogP contribution is 2.25. The Morgan fingerprint density at radius 3 is 2.62 bits per heavy atom. The largest absolute Gasteiger partial charge is 0.480 e. The minimum absolute atomic E-state index is 0.188. The van der Waals surface area contributed by atoms with Crippen molar-refractivity contribution in [2.75, 3.05) is 19.7 Å². The van der Waals surface area contributed by atoms with Crippen LogP contribution in [0.4, 0.5) is 4.79 Å². The Morgan fingerprint density at radius 1 is 1.29 bits per heavy atom. The minimum atomic E-state index is -1.01. The van der Waals surface area contributed by atoms with E-state index in [1.165, 1.54) is 0 Å². The van der Waals surface area contributed by atoms with E-state index in [4.69, 9.17) is 9.84 Å². The van der Waals surface area contributed by atoms with E-state index in [1.54, 1.807) is 11.8 Å². The van der Waals surface area contributed by atoms with E-state index in [0.717, 1.165) is 32.1 Å². The Morgan fingerprint density at radius 2 is 1.95 bits per heavy atom. The Kier molecular flexibility index (Phi) is 5.05. The van der Waals surface area contributed by atoms with Crippen LogP contribution in [0.5, 0.6) is 0 Å². The first-order valence-corrected chi connectivity index (χ1v) is 7.49. The van der Waals surface area contributed by atoms with Gasteiger partial charge in [-0.25, -0.2) is 9.59 Å². The lowest BCUT2D eigenvalue weighted by atomic mass is 9.97. The number of hydrogen-bond donors (Lipinski definition) is 3. The van der Waals surface area contributed by atoms with E-state index in [1.807, 2.05) is 0 Å². The average Bonchev–Trinajstić information content (AvgIpc) is 2.58. The molecule has 2 aliphatic rings. The summed E-state index contributed by atoms with van der Waals surface area (Å²) in [6.07, 6.45) is 4.15. The molecule has 21 heavy (non-hydrogen) atoms. The molecule has 3 N–H and O–H groups in total. The molecule has 0 radical (unpaired) electrons. The maximum absolute atomic E-state index is 12.1. The van der Waals surface area contributed by atoms with Gasteiger partial charge in [-0.3, -0.25) is 0 Å². The number of likely N-dealkylation sites (tertiary alicyclic amines) is 1. The molecule has 0 spiro atoms. The number of hydrogen-bond acceptors (Lipinski definition) is 4. The van der Waals surface area contributed by atoms with Crippen LogP contribution in [0.15, 0.2) is 0 Å². The molecule has 0 aromatic heterocycles. The van der Waals surface area contributed by atoms with Crippen LogP contribution in [0.1, 0.15) is 39.0 Å². The molecule has 0 aromatic carbocycles. The lowest BCUT2D eigenvalue weighted by Gasteiger charge is -2.47. The number of carboxylic acids is 1. The molecule has 2 rings (SSSR count). The van der Waals surface area contributed by atoms with Gasteiger partial charge >= 0.3 is 12.0 Å². The molecule has 1 aliphatic carbocycles. The quantitative estimate of drug-likeness (QED) is 0.659. The number of rotatable bonds is 4. The van der Waals surface area contributed by atoms with E-state index in [2.05, 4.69) is 5.32 Å². The molecule has 0 bridgehead atoms. The fourth-order valence-corrected chi connectivity index (χ4v) is 2.94. The number of nitrogens with one attached hydrogen (secondary N) is 1. The van der Waals surface area contributed by atoms with Gasteiger partial charge in [0.15, 0.2) is 0 Å². The van der Waals surface area contributed by atoms with Crippen LogP contribution in [-0.4, -0.2) is 64.6 Å². The molecule has 2 unspecified atom stereocenters. The van der Waals surface area contributed by atoms with Crippen LogP contribution in [0, 0.1) is 0 Å². The van der Waals surface area contributed by atoms with E-state index in [-0.39, 0.29) is 18.7 Å². The number of carbonyl (C=O) groups is 2. The maximum atomic E-state index is 12.1. The van der Waals surface area contributed by atoms with E-state index in [0.29, 0.717) is 13.1 Å². The van der Waals surface area contributed by atoms with Gasteiger partial charge in [0.2, 0.25) is 0 Å². The Hall–Kier alpha value is -1.34. The number of carboxylic acid groups (broad SMARTS) is 1. The van der Waals surface area contributed by atoms with Gasteiger partial charge in [0.1, 0.15) is 12.2 Å². The molecular formula is C14H24N2O5. The van der Waals surface area contributed by atoms with Gasteiger partial charge in [0.05, 0.1) is 25.2 Å². The maximum Gasteiger partial charge on any atom is 0.329 e. The number of ether oxygens (including phenoxy) is 1. The number of aliphatic carboxylic acids is 1. The van der Waals surface area contributed by atoms with E-state index >= 15 is 0 Å². The van der Waals surface area contributed by atoms with Crippen LogP contribution in [-0.2, 0) is 9.53 Å². The molecule has 2 amide bonds. The lowest BCUT2D eigenvalue weighted by Crippen LogP contribution is -2.66. The topological polar surface area (TPSA) is 99.1 Å². The van der Waals surface area contributed by atoms with Gasteiger partial charge in [0.25, 0.3) is 0 Å². The summed E-state index contributed by atoms with van der Waals surface area (Å²) in [5.74, 6) is -1.01. The predicted molar refractivity (Wildman–Crippen MR) is 75.0 cm³/mol. The minimum Gasteiger partial charge on any atom is -0.480 e. The lowest BCUT2D eigenvalue weighted by molar-refractivity contribution is -0.159. The summed E-state index contributed by atoms with van der Waals surface area (Å²) in [7, 11) is 0. The van der Waals surface area contributed by atoms with Crippen molar-refractivity contribution < 1.29 is 24.5 Å². The van der Waals surface area contributed by atoms with Crippen molar-refractivity contribution in [3.05, 3.63) is 0 Å². The van der Waals surface area contributed by atoms with Gasteiger partial charge in [-0.1, -0.05) is 19.3 Å². The molecule has 120 valence electrons. The van der Waals surface area contributed by atoms with E-state index in [9.17, 15) is 14.7 Å². The fourth-order valence-electron chi connectivity index (χ4n) is 2.94. The zero-order valence-electron chi connectivity index (χ0n) is 12.4. The van der Waals surface area contributed by atoms with Gasteiger partial charge in [0, 0.05) is 0 Å². The summed E-state index contributed by atoms with van der Waals surface area (Å²) in [5, 5.41) is 21.5. The number of amides is 2. The Bertz CT molecular complexity index is 395. The molecule has 2 atom stereocenters. The number of nitrogens with zero attached hydrogens (tertiary/aromatic N) is 1. The van der Waals surface area contributed by atoms with Crippen LogP contribution in [0.2, 0.25) is 0 Å². The van der Waals surface area contributed by atoms with Gasteiger partial charge in [-0.05, 0) is 19.8 Å². The van der Waals surface area contributed by atoms with Crippen molar-refractivity contribution >= 4 is 12.0 Å². The Labute approximate surface area is 124 Å². The first-order valence-electron chi connectivity index (χ1n) is 7.49. The standard InChI is InChI=1S/C14H24N2O5/c1-14(21-7-12(18)19)8-16(9-14)13(20)15-10-5-3-2-4-6-11(10)17/h10-11,17H,2-9H2,1H3,(H,15,20)(H,18,19). The highest BCUT2D eigenvalue weighted by molar-refractivity contribution is 5.76. The summed E-state index contributed by atoms with van der Waals surface area (Å²) in [6.45, 7) is 2.18. The normalized spacial score (nSPS) is 28.4. The van der Waals surface area contributed by atoms with Crippen molar-refractivity contribution in [2.45, 2.75) is 56.8 Å². The average molecular weight is 300 g/mol. The third-order valence-electron chi connectivity index (χ3n) is 4.17. The first kappa shape index (κ1) is 16.0. The van der Waals surface area contributed by atoms with Crippen molar-refractivity contribution in [1.82, 2.24) is 10.2 Å². The number of aliphatic hydroxyl groups excluding tert-OH is 1. The molecule has 7 nitrogen and oxygen atoms in total. The van der Waals surface area contributed by atoms with Crippen molar-refractivity contribution in [3.8, 4) is 0 Å². The van der Waals surface area contributed by atoms with Crippen LogP contribution in [0.3, 0.4) is 0 Å². The molecule has 1 aliphatic heterocycles. The molecule has 2 fully saturated rings. The summed E-state index contributed by atoms with van der Waals surface area (Å²) >= 11 is 0. The second kappa shape index (κ2) is 6.62. The number of carbonyl (C=O) groups excluding carboxylic acids is 1. The predicted octanol–water partition coefficient (Wildman–Crippen LogP) is 0.565. The van der Waals surface area contributed by atoms with Crippen LogP contribution >= 0.6 is 0 Å². The molecule has 1 heterocycles. The summed E-state index contributed by atoms with van der Waals surface area (Å²) in [6, 6.07) is -0.399. The molecular weight excluding hydrogens is 276 g/mol. The molecule has 1 saturated carbocycles. The highest BCUT2D eigenvalue weighted by Gasteiger charge is 2.43. The number of aliphatic hydroxyl groups is 1. The Balaban J connectivity index is 1.76. The first-order chi connectivity index (χ1) is 9.89. The monoisotopic (exact) mass is 300 g/mol. The second-order valence-corrected chi connectivity index (χ2v) is 6.25. The van der Waals surface area contributed by atoms with Crippen molar-refractivity contribution in [1.29, 1.82) is 0 Å². The van der Waals surface area contributed by atoms with Crippen molar-refractivity contribution in [2.24, 2.45) is 0 Å². The van der Waals surface area contributed by atoms with Gasteiger partial charge in [-0.15, -0.1) is 0 Å². The second-order valence-electron chi connectivity index (χ2n) is 6.25. The van der Waals surface area contributed by atoms with Crippen molar-refractivity contribution in [3.63, 3.8) is 0 Å². The zero-order chi connectivity index (χ0) is 15.5. The zero-order valence-corrected chi connectivity index (χ0v) is 12.4. The highest BCUT2D eigenvalue weighted by atomic mass is 16.5.